The molecule has 1 amide bonds. The van der Waals surface area contributed by atoms with Gasteiger partial charge in [-0.1, -0.05) is 0 Å². The molecule has 1 atom stereocenters. The van der Waals surface area contributed by atoms with Crippen LogP contribution in [0, 0.1) is 0 Å². The van der Waals surface area contributed by atoms with Gasteiger partial charge in [0.1, 0.15) is 5.82 Å². The normalized spacial score (nSPS) is 11.8. The third kappa shape index (κ3) is 5.26. The lowest BCUT2D eigenvalue weighted by Crippen LogP contribution is -2.32. The molecule has 0 saturated heterocycles. The molecule has 0 fully saturated rings. The molecule has 1 aromatic rings. The maximum atomic E-state index is 12.1. The largest absolute Gasteiger partial charge is 0.481 e. The molecule has 110 valence electrons. The van der Waals surface area contributed by atoms with E-state index in [1.807, 2.05) is 25.9 Å². The van der Waals surface area contributed by atoms with Gasteiger partial charge in [-0.15, -0.1) is 0 Å². The molecule has 1 unspecified atom stereocenters. The number of nitrogens with zero attached hydrogens (tertiary/aromatic N) is 2. The van der Waals surface area contributed by atoms with E-state index in [0.717, 1.165) is 5.82 Å². The maximum absolute atomic E-state index is 12.1. The summed E-state index contributed by atoms with van der Waals surface area (Å²) in [5, 5.41) is 11.4. The van der Waals surface area contributed by atoms with Gasteiger partial charge in [0.2, 0.25) is 0 Å². The van der Waals surface area contributed by atoms with Crippen molar-refractivity contribution >= 4 is 17.7 Å². The predicted molar refractivity (Wildman–Crippen MR) is 77.0 cm³/mol. The zero-order chi connectivity index (χ0) is 15.1. The molecule has 0 aromatic carbocycles. The lowest BCUT2D eigenvalue weighted by molar-refractivity contribution is -0.137. The van der Waals surface area contributed by atoms with Crippen molar-refractivity contribution in [1.29, 1.82) is 0 Å². The number of amides is 1. The lowest BCUT2D eigenvalue weighted by Gasteiger charge is -2.15. The predicted octanol–water partition coefficient (Wildman–Crippen LogP) is 1.52. The Morgan fingerprint density at radius 2 is 2.15 bits per heavy atom. The fourth-order valence-electron chi connectivity index (χ4n) is 1.74. The van der Waals surface area contributed by atoms with Gasteiger partial charge in [-0.3, -0.25) is 9.59 Å². The van der Waals surface area contributed by atoms with E-state index in [2.05, 4.69) is 10.3 Å². The van der Waals surface area contributed by atoms with Gasteiger partial charge in [0.15, 0.2) is 0 Å². The van der Waals surface area contributed by atoms with Crippen molar-refractivity contribution in [2.45, 2.75) is 32.2 Å². The van der Waals surface area contributed by atoms with E-state index < -0.39 is 5.97 Å². The van der Waals surface area contributed by atoms with Crippen molar-refractivity contribution in [3.63, 3.8) is 0 Å². The minimum atomic E-state index is -0.812. The average Bonchev–Trinajstić information content (AvgIpc) is 2.38. The summed E-state index contributed by atoms with van der Waals surface area (Å²) in [6.45, 7) is 1.87. The Morgan fingerprint density at radius 1 is 1.45 bits per heavy atom. The van der Waals surface area contributed by atoms with E-state index in [0.29, 0.717) is 18.4 Å². The summed E-state index contributed by atoms with van der Waals surface area (Å²) in [5.74, 6) is -0.261. The highest BCUT2D eigenvalue weighted by atomic mass is 16.4. The van der Waals surface area contributed by atoms with Gasteiger partial charge in [-0.2, -0.15) is 0 Å². The summed E-state index contributed by atoms with van der Waals surface area (Å²) in [5.41, 5.74) is 0.550. The Bertz CT molecular complexity index is 474. The van der Waals surface area contributed by atoms with Gasteiger partial charge in [-0.05, 0) is 31.9 Å². The van der Waals surface area contributed by atoms with E-state index in [4.69, 9.17) is 5.11 Å². The van der Waals surface area contributed by atoms with Crippen molar-refractivity contribution < 1.29 is 14.7 Å². The van der Waals surface area contributed by atoms with Crippen molar-refractivity contribution in [2.75, 3.05) is 19.0 Å². The Hall–Kier alpha value is -2.11. The molecule has 6 nitrogen and oxygen atoms in total. The molecule has 2 N–H and O–H groups in total. The number of hydrogen-bond acceptors (Lipinski definition) is 4. The van der Waals surface area contributed by atoms with Crippen LogP contribution in [0.3, 0.4) is 0 Å². The summed E-state index contributed by atoms with van der Waals surface area (Å²) in [6, 6.07) is 3.32. The van der Waals surface area contributed by atoms with Crippen LogP contribution < -0.4 is 10.2 Å². The quantitative estimate of drug-likeness (QED) is 0.790. The highest BCUT2D eigenvalue weighted by Crippen LogP contribution is 2.10. The van der Waals surface area contributed by atoms with E-state index >= 15 is 0 Å². The second-order valence-corrected chi connectivity index (χ2v) is 4.96. The van der Waals surface area contributed by atoms with Crippen LogP contribution in [-0.2, 0) is 4.79 Å². The maximum Gasteiger partial charge on any atom is 0.303 e. The summed E-state index contributed by atoms with van der Waals surface area (Å²) >= 11 is 0. The Kier molecular flexibility index (Phi) is 5.96. The van der Waals surface area contributed by atoms with Crippen molar-refractivity contribution in [3.05, 3.63) is 23.9 Å². The molecule has 0 aliphatic carbocycles. The molecule has 0 aliphatic heterocycles. The zero-order valence-electron chi connectivity index (χ0n) is 12.1. The first kappa shape index (κ1) is 15.9. The highest BCUT2D eigenvalue weighted by molar-refractivity contribution is 5.94. The van der Waals surface area contributed by atoms with Crippen LogP contribution in [0.2, 0.25) is 0 Å². The van der Waals surface area contributed by atoms with E-state index in [1.54, 1.807) is 18.3 Å². The highest BCUT2D eigenvalue weighted by Gasteiger charge is 2.11. The van der Waals surface area contributed by atoms with Crippen LogP contribution in [0.5, 0.6) is 0 Å². The standard InChI is InChI=1S/C14H21N3O3/c1-10(5-4-6-13(18)19)16-14(20)11-7-8-15-12(9-11)17(2)3/h7-10H,4-6H2,1-3H3,(H,16,20)(H,18,19). The molecule has 6 heteroatoms. The molecule has 1 rings (SSSR count). The number of carbonyl (C=O) groups is 2. The summed E-state index contributed by atoms with van der Waals surface area (Å²) in [6.07, 6.45) is 2.92. The number of anilines is 1. The van der Waals surface area contributed by atoms with Gasteiger partial charge in [-0.25, -0.2) is 4.98 Å². The van der Waals surface area contributed by atoms with Crippen LogP contribution in [0.4, 0.5) is 5.82 Å². The molecule has 1 heterocycles. The second kappa shape index (κ2) is 7.47. The summed E-state index contributed by atoms with van der Waals surface area (Å²) in [7, 11) is 3.72. The fourth-order valence-corrected chi connectivity index (χ4v) is 1.74. The minimum absolute atomic E-state index is 0.0576. The molecule has 20 heavy (non-hydrogen) atoms. The van der Waals surface area contributed by atoms with Crippen molar-refractivity contribution in [3.8, 4) is 0 Å². The van der Waals surface area contributed by atoms with Gasteiger partial charge in [0, 0.05) is 38.3 Å². The third-order valence-corrected chi connectivity index (χ3v) is 2.87. The minimum Gasteiger partial charge on any atom is -0.481 e. The van der Waals surface area contributed by atoms with Crippen LogP contribution in [0.1, 0.15) is 36.5 Å². The van der Waals surface area contributed by atoms with E-state index in [1.165, 1.54) is 0 Å². The molecule has 0 aliphatic rings. The molecule has 0 radical (unpaired) electrons. The van der Waals surface area contributed by atoms with E-state index in [-0.39, 0.29) is 18.4 Å². The Morgan fingerprint density at radius 3 is 2.75 bits per heavy atom. The number of nitrogens with one attached hydrogen (secondary N) is 1. The smallest absolute Gasteiger partial charge is 0.303 e. The molecule has 0 saturated carbocycles. The molecule has 0 spiro atoms. The first-order valence-electron chi connectivity index (χ1n) is 6.56. The first-order valence-corrected chi connectivity index (χ1v) is 6.56. The number of carboxylic acids is 1. The van der Waals surface area contributed by atoms with E-state index in [9.17, 15) is 9.59 Å². The van der Waals surface area contributed by atoms with Gasteiger partial charge >= 0.3 is 5.97 Å². The van der Waals surface area contributed by atoms with Crippen LogP contribution in [-0.4, -0.2) is 42.1 Å². The Balaban J connectivity index is 2.53. The van der Waals surface area contributed by atoms with Crippen LogP contribution in [0.25, 0.3) is 0 Å². The number of carboxylic acid groups (broad SMARTS) is 1. The molecular weight excluding hydrogens is 258 g/mol. The number of rotatable bonds is 7. The van der Waals surface area contributed by atoms with Gasteiger partial charge < -0.3 is 15.3 Å². The molecular formula is C14H21N3O3. The number of hydrogen-bond donors (Lipinski definition) is 2. The summed E-state index contributed by atoms with van der Waals surface area (Å²) < 4.78 is 0. The van der Waals surface area contributed by atoms with Gasteiger partial charge in [0.25, 0.3) is 5.91 Å². The summed E-state index contributed by atoms with van der Waals surface area (Å²) in [4.78, 5) is 28.5. The fraction of sp³-hybridized carbons (Fsp3) is 0.500. The van der Waals surface area contributed by atoms with Crippen molar-refractivity contribution in [2.24, 2.45) is 0 Å². The number of aliphatic carboxylic acids is 1. The van der Waals surface area contributed by atoms with Crippen LogP contribution >= 0.6 is 0 Å². The number of carbonyl (C=O) groups excluding carboxylic acids is 1. The number of pyridine rings is 1. The lowest BCUT2D eigenvalue weighted by atomic mass is 10.1. The Labute approximate surface area is 118 Å². The molecule has 0 bridgehead atoms. The monoisotopic (exact) mass is 279 g/mol. The first-order chi connectivity index (χ1) is 9.40. The van der Waals surface area contributed by atoms with Crippen molar-refractivity contribution in [1.82, 2.24) is 10.3 Å². The topological polar surface area (TPSA) is 82.5 Å². The number of aromatic nitrogens is 1. The second-order valence-electron chi connectivity index (χ2n) is 4.96. The van der Waals surface area contributed by atoms with Crippen LogP contribution in [0.15, 0.2) is 18.3 Å². The third-order valence-electron chi connectivity index (χ3n) is 2.87. The SMILES string of the molecule is CC(CCCC(=O)O)NC(=O)c1ccnc(N(C)C)c1. The van der Waals surface area contributed by atoms with Gasteiger partial charge in [0.05, 0.1) is 0 Å². The zero-order valence-corrected chi connectivity index (χ0v) is 12.1. The molecule has 1 aromatic heterocycles. The average molecular weight is 279 g/mol.